The predicted molar refractivity (Wildman–Crippen MR) is 112 cm³/mol. The molecule has 150 valence electrons. The average Bonchev–Trinajstić information content (AvgIpc) is 3.03. The van der Waals surface area contributed by atoms with Crippen molar-refractivity contribution >= 4 is 23.2 Å². The molecule has 0 amide bonds. The lowest BCUT2D eigenvalue weighted by molar-refractivity contribution is 0.103. The lowest BCUT2D eigenvalue weighted by atomic mass is 9.81. The summed E-state index contributed by atoms with van der Waals surface area (Å²) < 4.78 is 10.8. The van der Waals surface area contributed by atoms with Crippen LogP contribution in [0.15, 0.2) is 52.8 Å². The third kappa shape index (κ3) is 2.43. The molecule has 2 aliphatic rings. The van der Waals surface area contributed by atoms with E-state index in [9.17, 15) is 9.59 Å². The highest BCUT2D eigenvalue weighted by atomic mass is 16.5. The maximum Gasteiger partial charge on any atom is 0.258 e. The lowest BCUT2D eigenvalue weighted by Gasteiger charge is -2.27. The SMILES string of the molecule is COc1ccc(C2C3=C(Nc4nc(N)[nH]c(=O)c42)c2ccccc2C3=O)cc1OC. The summed E-state index contributed by atoms with van der Waals surface area (Å²) in [4.78, 5) is 33.1. The number of carbonyl (C=O) groups is 1. The zero-order valence-corrected chi connectivity index (χ0v) is 16.3. The molecule has 2 heterocycles. The van der Waals surface area contributed by atoms with Gasteiger partial charge < -0.3 is 20.5 Å². The van der Waals surface area contributed by atoms with Crippen LogP contribution in [0.4, 0.5) is 11.8 Å². The van der Waals surface area contributed by atoms with Crippen LogP contribution in [-0.4, -0.2) is 30.0 Å². The van der Waals surface area contributed by atoms with Gasteiger partial charge in [-0.05, 0) is 17.7 Å². The number of ketones is 1. The third-order valence-corrected chi connectivity index (χ3v) is 5.49. The van der Waals surface area contributed by atoms with Gasteiger partial charge >= 0.3 is 0 Å². The first-order valence-electron chi connectivity index (χ1n) is 9.30. The van der Waals surface area contributed by atoms with E-state index in [2.05, 4.69) is 15.3 Å². The highest BCUT2D eigenvalue weighted by Crippen LogP contribution is 2.48. The Morgan fingerprint density at radius 2 is 1.73 bits per heavy atom. The van der Waals surface area contributed by atoms with Gasteiger partial charge in [0.15, 0.2) is 17.3 Å². The highest BCUT2D eigenvalue weighted by molar-refractivity contribution is 6.23. The van der Waals surface area contributed by atoms with Crippen molar-refractivity contribution in [2.24, 2.45) is 0 Å². The molecular formula is C22H18N4O4. The first-order chi connectivity index (χ1) is 14.5. The maximum absolute atomic E-state index is 13.4. The molecule has 2 aromatic carbocycles. The van der Waals surface area contributed by atoms with Crippen molar-refractivity contribution in [2.75, 3.05) is 25.3 Å². The third-order valence-electron chi connectivity index (χ3n) is 5.49. The largest absolute Gasteiger partial charge is 0.493 e. The summed E-state index contributed by atoms with van der Waals surface area (Å²) in [6, 6.07) is 12.7. The van der Waals surface area contributed by atoms with Gasteiger partial charge in [-0.2, -0.15) is 4.98 Å². The number of hydrogen-bond donors (Lipinski definition) is 3. The molecule has 0 spiro atoms. The fourth-order valence-electron chi connectivity index (χ4n) is 4.20. The van der Waals surface area contributed by atoms with Gasteiger partial charge in [-0.3, -0.25) is 14.6 Å². The number of fused-ring (bicyclic) bond motifs is 3. The molecular weight excluding hydrogens is 384 g/mol. The molecule has 0 fully saturated rings. The number of H-pyrrole nitrogens is 1. The number of methoxy groups -OCH3 is 2. The molecule has 4 N–H and O–H groups in total. The second-order valence-corrected chi connectivity index (χ2v) is 7.05. The van der Waals surface area contributed by atoms with E-state index in [0.717, 1.165) is 5.56 Å². The van der Waals surface area contributed by atoms with Gasteiger partial charge in [0.2, 0.25) is 5.95 Å². The quantitative estimate of drug-likeness (QED) is 0.616. The minimum Gasteiger partial charge on any atom is -0.493 e. The molecule has 1 aliphatic carbocycles. The van der Waals surface area contributed by atoms with Crippen molar-refractivity contribution in [3.8, 4) is 11.5 Å². The van der Waals surface area contributed by atoms with Crippen molar-refractivity contribution in [1.82, 2.24) is 9.97 Å². The lowest BCUT2D eigenvalue weighted by Crippen LogP contribution is -2.28. The molecule has 0 radical (unpaired) electrons. The average molecular weight is 402 g/mol. The number of allylic oxidation sites excluding steroid dienone is 1. The Balaban J connectivity index is 1.80. The van der Waals surface area contributed by atoms with Gasteiger partial charge in [-0.15, -0.1) is 0 Å². The smallest absolute Gasteiger partial charge is 0.258 e. The molecule has 5 rings (SSSR count). The number of Topliss-reactive ketones (excluding diaryl/α,β-unsaturated/α-hetero) is 1. The number of ether oxygens (including phenoxy) is 2. The number of aromatic amines is 1. The molecule has 1 aliphatic heterocycles. The second kappa shape index (κ2) is 6.48. The van der Waals surface area contributed by atoms with Crippen LogP contribution in [0.5, 0.6) is 11.5 Å². The second-order valence-electron chi connectivity index (χ2n) is 7.05. The fraction of sp³-hybridized carbons (Fsp3) is 0.136. The van der Waals surface area contributed by atoms with Gasteiger partial charge in [0, 0.05) is 22.6 Å². The van der Waals surface area contributed by atoms with Crippen molar-refractivity contribution in [2.45, 2.75) is 5.92 Å². The Labute approximate surface area is 171 Å². The van der Waals surface area contributed by atoms with Gasteiger partial charge in [0.05, 0.1) is 25.5 Å². The Morgan fingerprint density at radius 3 is 2.47 bits per heavy atom. The van der Waals surface area contributed by atoms with Crippen LogP contribution in [0, 0.1) is 0 Å². The number of aromatic nitrogens is 2. The normalized spacial score (nSPS) is 16.5. The van der Waals surface area contributed by atoms with Gasteiger partial charge in [0.1, 0.15) is 5.82 Å². The van der Waals surface area contributed by atoms with Gasteiger partial charge in [0.25, 0.3) is 5.56 Å². The van der Waals surface area contributed by atoms with Gasteiger partial charge in [-0.1, -0.05) is 30.3 Å². The number of anilines is 2. The number of benzene rings is 2. The first kappa shape index (κ1) is 18.0. The van der Waals surface area contributed by atoms with E-state index in [1.807, 2.05) is 24.3 Å². The summed E-state index contributed by atoms with van der Waals surface area (Å²) in [5, 5.41) is 3.17. The summed E-state index contributed by atoms with van der Waals surface area (Å²) in [6.45, 7) is 0. The monoisotopic (exact) mass is 402 g/mol. The van der Waals surface area contributed by atoms with Crippen molar-refractivity contribution in [1.29, 1.82) is 0 Å². The minimum absolute atomic E-state index is 0.000954. The Kier molecular flexibility index (Phi) is 3.89. The number of nitrogen functional groups attached to an aromatic ring is 1. The van der Waals surface area contributed by atoms with E-state index >= 15 is 0 Å². The summed E-state index contributed by atoms with van der Waals surface area (Å²) in [5.74, 6) is 0.607. The van der Waals surface area contributed by atoms with Crippen molar-refractivity contribution in [3.63, 3.8) is 0 Å². The Morgan fingerprint density at radius 1 is 1.00 bits per heavy atom. The number of nitrogens with zero attached hydrogens (tertiary/aromatic N) is 1. The molecule has 8 heteroatoms. The topological polar surface area (TPSA) is 119 Å². The van der Waals surface area contributed by atoms with Crippen molar-refractivity contribution in [3.05, 3.63) is 80.6 Å². The summed E-state index contributed by atoms with van der Waals surface area (Å²) in [7, 11) is 3.08. The predicted octanol–water partition coefficient (Wildman–Crippen LogP) is 2.53. The number of nitrogens with one attached hydrogen (secondary N) is 2. The number of nitrogens with two attached hydrogens (primary N) is 1. The van der Waals surface area contributed by atoms with Crippen LogP contribution >= 0.6 is 0 Å². The van der Waals surface area contributed by atoms with Crippen molar-refractivity contribution < 1.29 is 14.3 Å². The molecule has 30 heavy (non-hydrogen) atoms. The molecule has 0 saturated carbocycles. The molecule has 3 aromatic rings. The molecule has 0 bridgehead atoms. The van der Waals surface area contributed by atoms with Crippen LogP contribution < -0.4 is 26.1 Å². The highest BCUT2D eigenvalue weighted by Gasteiger charge is 2.42. The molecule has 1 aromatic heterocycles. The molecule has 1 unspecified atom stereocenters. The van der Waals surface area contributed by atoms with Gasteiger partial charge in [-0.25, -0.2) is 0 Å². The number of carbonyl (C=O) groups excluding carboxylic acids is 1. The standard InChI is InChI=1S/C22H18N4O4/c1-29-13-8-7-10(9-14(13)30-2)15-16-18(11-5-3-4-6-12(11)19(16)27)24-20-17(15)21(28)26-22(23)25-20/h3-9,15H,1-2H3,(H4,23,24,25,26,28). The molecule has 1 atom stereocenters. The minimum atomic E-state index is -0.646. The van der Waals surface area contributed by atoms with Crippen LogP contribution in [0.2, 0.25) is 0 Å². The summed E-state index contributed by atoms with van der Waals surface area (Å²) in [6.07, 6.45) is 0. The molecule has 0 saturated heterocycles. The summed E-state index contributed by atoms with van der Waals surface area (Å²) >= 11 is 0. The van der Waals surface area contributed by atoms with Crippen LogP contribution in [-0.2, 0) is 0 Å². The van der Waals surface area contributed by atoms with Crippen LogP contribution in [0.25, 0.3) is 5.70 Å². The maximum atomic E-state index is 13.4. The van der Waals surface area contributed by atoms with E-state index in [-0.39, 0.29) is 11.7 Å². The molecule has 8 nitrogen and oxygen atoms in total. The Bertz CT molecular complexity index is 1310. The van der Waals surface area contributed by atoms with E-state index in [0.29, 0.717) is 45.3 Å². The van der Waals surface area contributed by atoms with E-state index in [1.165, 1.54) is 7.11 Å². The van der Waals surface area contributed by atoms with E-state index in [4.69, 9.17) is 15.2 Å². The number of rotatable bonds is 3. The Hall–Kier alpha value is -4.07. The number of hydrogen-bond acceptors (Lipinski definition) is 7. The fourth-order valence-corrected chi connectivity index (χ4v) is 4.20. The summed E-state index contributed by atoms with van der Waals surface area (Å²) in [5.41, 5.74) is 8.91. The van der Waals surface area contributed by atoms with E-state index in [1.54, 1.807) is 25.3 Å². The zero-order valence-electron chi connectivity index (χ0n) is 16.3. The van der Waals surface area contributed by atoms with Crippen LogP contribution in [0.1, 0.15) is 33.0 Å². The van der Waals surface area contributed by atoms with E-state index < -0.39 is 11.5 Å². The zero-order chi connectivity index (χ0) is 21.0. The first-order valence-corrected chi connectivity index (χ1v) is 9.30. The van der Waals surface area contributed by atoms with Crippen LogP contribution in [0.3, 0.4) is 0 Å².